The first kappa shape index (κ1) is 14.0. The van der Waals surface area contributed by atoms with Crippen molar-refractivity contribution in [3.8, 4) is 0 Å². The number of halogens is 2. The van der Waals surface area contributed by atoms with Gasteiger partial charge in [0, 0.05) is 23.5 Å². The normalized spacial score (nSPS) is 10.3. The lowest BCUT2D eigenvalue weighted by atomic mass is 10.1. The molecule has 2 rings (SSSR count). The maximum atomic E-state index is 13.1. The number of Topliss-reactive ketones (excluding diaryl/α,β-unsaturated/α-hetero) is 1. The zero-order chi connectivity index (χ0) is 14.7. The molecular formula is C15H14F2N2O. The Morgan fingerprint density at radius 2 is 1.90 bits per heavy atom. The highest BCUT2D eigenvalue weighted by Crippen LogP contribution is 2.19. The second-order valence-electron chi connectivity index (χ2n) is 4.46. The highest BCUT2D eigenvalue weighted by atomic mass is 19.2. The quantitative estimate of drug-likeness (QED) is 0.665. The van der Waals surface area contributed by atoms with Crippen molar-refractivity contribution in [1.29, 1.82) is 0 Å². The van der Waals surface area contributed by atoms with Gasteiger partial charge in [0.1, 0.15) is 0 Å². The molecule has 0 radical (unpaired) electrons. The van der Waals surface area contributed by atoms with E-state index < -0.39 is 11.6 Å². The van der Waals surface area contributed by atoms with Crippen molar-refractivity contribution in [3.63, 3.8) is 0 Å². The molecule has 0 bridgehead atoms. The van der Waals surface area contributed by atoms with Crippen LogP contribution in [0.15, 0.2) is 36.4 Å². The highest BCUT2D eigenvalue weighted by Gasteiger charge is 2.06. The lowest BCUT2D eigenvalue weighted by Crippen LogP contribution is -2.04. The van der Waals surface area contributed by atoms with Crippen molar-refractivity contribution < 1.29 is 13.6 Å². The second kappa shape index (κ2) is 5.69. The fraction of sp³-hybridized carbons (Fsp3) is 0.133. The van der Waals surface area contributed by atoms with E-state index >= 15 is 0 Å². The van der Waals surface area contributed by atoms with Crippen LogP contribution in [0.4, 0.5) is 20.2 Å². The van der Waals surface area contributed by atoms with Crippen LogP contribution in [0.3, 0.4) is 0 Å². The van der Waals surface area contributed by atoms with Crippen LogP contribution in [0, 0.1) is 11.6 Å². The van der Waals surface area contributed by atoms with Gasteiger partial charge in [-0.2, -0.15) is 0 Å². The van der Waals surface area contributed by atoms with Crippen molar-refractivity contribution >= 4 is 17.2 Å². The number of nitrogens with two attached hydrogens (primary N) is 1. The third kappa shape index (κ3) is 3.12. The van der Waals surface area contributed by atoms with Gasteiger partial charge in [-0.3, -0.25) is 4.79 Å². The van der Waals surface area contributed by atoms with E-state index in [0.717, 1.165) is 12.1 Å². The molecule has 5 heteroatoms. The molecule has 0 fully saturated rings. The predicted molar refractivity (Wildman–Crippen MR) is 74.5 cm³/mol. The van der Waals surface area contributed by atoms with Crippen molar-refractivity contribution in [1.82, 2.24) is 0 Å². The Hall–Kier alpha value is -2.43. The van der Waals surface area contributed by atoms with Gasteiger partial charge in [-0.05, 0) is 42.8 Å². The predicted octanol–water partition coefficient (Wildman–Crippen LogP) is 3.36. The van der Waals surface area contributed by atoms with Gasteiger partial charge in [0.2, 0.25) is 0 Å². The Kier molecular flexibility index (Phi) is 3.98. The zero-order valence-electron chi connectivity index (χ0n) is 10.9. The van der Waals surface area contributed by atoms with Gasteiger partial charge in [-0.25, -0.2) is 8.78 Å². The molecule has 0 atom stereocenters. The maximum absolute atomic E-state index is 13.1. The van der Waals surface area contributed by atoms with E-state index in [4.69, 9.17) is 5.73 Å². The average Bonchev–Trinajstić information content (AvgIpc) is 2.41. The molecule has 0 unspecified atom stereocenters. The number of carbonyl (C=O) groups is 1. The minimum atomic E-state index is -0.883. The van der Waals surface area contributed by atoms with Crippen LogP contribution >= 0.6 is 0 Å². The summed E-state index contributed by atoms with van der Waals surface area (Å²) in [6, 6.07) is 8.69. The Labute approximate surface area is 115 Å². The van der Waals surface area contributed by atoms with E-state index in [1.165, 1.54) is 13.0 Å². The summed E-state index contributed by atoms with van der Waals surface area (Å²) < 4.78 is 25.9. The second-order valence-corrected chi connectivity index (χ2v) is 4.46. The standard InChI is InChI=1S/C15H14F2N2O/c1-9(20)12-7-11(3-5-15(12)18)19-8-10-2-4-13(16)14(17)6-10/h2-7,19H,8,18H2,1H3. The van der Waals surface area contributed by atoms with Gasteiger partial charge in [0.15, 0.2) is 17.4 Å². The van der Waals surface area contributed by atoms with E-state index in [1.807, 2.05) is 0 Å². The molecule has 2 aromatic rings. The zero-order valence-corrected chi connectivity index (χ0v) is 10.9. The van der Waals surface area contributed by atoms with Crippen LogP contribution in [-0.4, -0.2) is 5.78 Å². The average molecular weight is 276 g/mol. The molecule has 104 valence electrons. The molecule has 3 nitrogen and oxygen atoms in total. The van der Waals surface area contributed by atoms with E-state index in [0.29, 0.717) is 29.0 Å². The smallest absolute Gasteiger partial charge is 0.161 e. The number of benzene rings is 2. The number of hydrogen-bond acceptors (Lipinski definition) is 3. The lowest BCUT2D eigenvalue weighted by molar-refractivity contribution is 0.101. The number of carbonyl (C=O) groups excluding carboxylic acids is 1. The van der Waals surface area contributed by atoms with Gasteiger partial charge >= 0.3 is 0 Å². The topological polar surface area (TPSA) is 55.1 Å². The first-order chi connectivity index (χ1) is 9.47. The molecule has 0 saturated heterocycles. The first-order valence-corrected chi connectivity index (χ1v) is 6.05. The van der Waals surface area contributed by atoms with E-state index in [-0.39, 0.29) is 5.78 Å². The molecule has 0 aliphatic carbocycles. The Bertz CT molecular complexity index is 656. The summed E-state index contributed by atoms with van der Waals surface area (Å²) in [6.45, 7) is 1.75. The number of ketones is 1. The lowest BCUT2D eigenvalue weighted by Gasteiger charge is -2.09. The van der Waals surface area contributed by atoms with Gasteiger partial charge in [-0.1, -0.05) is 6.07 Å². The van der Waals surface area contributed by atoms with Gasteiger partial charge < -0.3 is 11.1 Å². The molecule has 0 heterocycles. The van der Waals surface area contributed by atoms with Crippen LogP contribution in [0.25, 0.3) is 0 Å². The summed E-state index contributed by atoms with van der Waals surface area (Å²) >= 11 is 0. The summed E-state index contributed by atoms with van der Waals surface area (Å²) in [6.07, 6.45) is 0. The number of rotatable bonds is 4. The van der Waals surface area contributed by atoms with Crippen LogP contribution in [0.1, 0.15) is 22.8 Å². The number of hydrogen-bond donors (Lipinski definition) is 2. The van der Waals surface area contributed by atoms with Crippen LogP contribution in [0.5, 0.6) is 0 Å². The summed E-state index contributed by atoms with van der Waals surface area (Å²) in [7, 11) is 0. The highest BCUT2D eigenvalue weighted by molar-refractivity contribution is 6.00. The largest absolute Gasteiger partial charge is 0.398 e. The molecule has 0 aromatic heterocycles. The first-order valence-electron chi connectivity index (χ1n) is 6.05. The van der Waals surface area contributed by atoms with Crippen LogP contribution < -0.4 is 11.1 Å². The van der Waals surface area contributed by atoms with E-state index in [2.05, 4.69) is 5.32 Å². The summed E-state index contributed by atoms with van der Waals surface area (Å²) in [5, 5.41) is 3.03. The van der Waals surface area contributed by atoms with Crippen molar-refractivity contribution in [2.45, 2.75) is 13.5 Å². The number of anilines is 2. The molecule has 0 saturated carbocycles. The maximum Gasteiger partial charge on any atom is 0.161 e. The fourth-order valence-corrected chi connectivity index (χ4v) is 1.82. The van der Waals surface area contributed by atoms with Crippen molar-refractivity contribution in [3.05, 3.63) is 59.2 Å². The summed E-state index contributed by atoms with van der Waals surface area (Å²) in [4.78, 5) is 11.4. The van der Waals surface area contributed by atoms with Crippen LogP contribution in [0.2, 0.25) is 0 Å². The molecule has 2 aromatic carbocycles. The van der Waals surface area contributed by atoms with Gasteiger partial charge in [0.05, 0.1) is 0 Å². The SMILES string of the molecule is CC(=O)c1cc(NCc2ccc(F)c(F)c2)ccc1N. The summed E-state index contributed by atoms with van der Waals surface area (Å²) in [5.74, 6) is -1.88. The summed E-state index contributed by atoms with van der Waals surface area (Å²) in [5.41, 5.74) is 7.83. The van der Waals surface area contributed by atoms with Crippen molar-refractivity contribution in [2.75, 3.05) is 11.1 Å². The Balaban J connectivity index is 2.12. The Morgan fingerprint density at radius 3 is 2.55 bits per heavy atom. The Morgan fingerprint density at radius 1 is 1.15 bits per heavy atom. The van der Waals surface area contributed by atoms with Crippen LogP contribution in [-0.2, 0) is 6.54 Å². The molecule has 20 heavy (non-hydrogen) atoms. The molecule has 0 aliphatic heterocycles. The monoisotopic (exact) mass is 276 g/mol. The molecule has 0 amide bonds. The molecular weight excluding hydrogens is 262 g/mol. The van der Waals surface area contributed by atoms with Gasteiger partial charge in [-0.15, -0.1) is 0 Å². The molecule has 3 N–H and O–H groups in total. The minimum Gasteiger partial charge on any atom is -0.398 e. The molecule has 0 aliphatic rings. The third-order valence-corrected chi connectivity index (χ3v) is 2.91. The third-order valence-electron chi connectivity index (χ3n) is 2.91. The number of nitrogen functional groups attached to an aromatic ring is 1. The van der Waals surface area contributed by atoms with Crippen molar-refractivity contribution in [2.24, 2.45) is 0 Å². The molecule has 0 spiro atoms. The fourth-order valence-electron chi connectivity index (χ4n) is 1.82. The van der Waals surface area contributed by atoms with Gasteiger partial charge in [0.25, 0.3) is 0 Å². The minimum absolute atomic E-state index is 0.126. The van der Waals surface area contributed by atoms with E-state index in [1.54, 1.807) is 18.2 Å². The number of nitrogens with one attached hydrogen (secondary N) is 1. The van der Waals surface area contributed by atoms with E-state index in [9.17, 15) is 13.6 Å².